The molecule has 0 heterocycles. The van der Waals surface area contributed by atoms with Gasteiger partial charge >= 0.3 is 5.97 Å². The summed E-state index contributed by atoms with van der Waals surface area (Å²) in [5, 5.41) is 8.61. The lowest BCUT2D eigenvalue weighted by Gasteiger charge is -2.20. The first-order chi connectivity index (χ1) is 9.77. The van der Waals surface area contributed by atoms with Crippen LogP contribution in [0.1, 0.15) is 25.8 Å². The molecule has 5 nitrogen and oxygen atoms in total. The zero-order valence-corrected chi connectivity index (χ0v) is 13.3. The topological polar surface area (TPSA) is 74.7 Å². The molecule has 1 unspecified atom stereocenters. The summed E-state index contributed by atoms with van der Waals surface area (Å²) in [5.74, 6) is -0.794. The zero-order chi connectivity index (χ0) is 16.0. The Bertz CT molecular complexity index is 622. The molecule has 0 amide bonds. The van der Waals surface area contributed by atoms with Gasteiger partial charge in [-0.2, -0.15) is 0 Å². The average molecular weight is 311 g/mol. The molecular weight excluding hydrogens is 290 g/mol. The molecule has 1 atom stereocenters. The maximum absolute atomic E-state index is 12.5. The van der Waals surface area contributed by atoms with Crippen LogP contribution in [-0.2, 0) is 14.8 Å². The molecule has 0 aliphatic carbocycles. The Kier molecular flexibility index (Phi) is 6.11. The number of nitrogens with zero attached hydrogens (tertiary/aromatic N) is 1. The number of hydrogen-bond acceptors (Lipinski definition) is 3. The quantitative estimate of drug-likeness (QED) is 0.785. The van der Waals surface area contributed by atoms with Crippen molar-refractivity contribution in [2.45, 2.75) is 25.2 Å². The Labute approximate surface area is 126 Å². The van der Waals surface area contributed by atoms with E-state index in [-0.39, 0.29) is 10.8 Å². The molecule has 1 rings (SSSR count). The first-order valence-electron chi connectivity index (χ1n) is 6.74. The summed E-state index contributed by atoms with van der Waals surface area (Å²) in [4.78, 5) is 10.7. The van der Waals surface area contributed by atoms with Crippen molar-refractivity contribution in [1.29, 1.82) is 0 Å². The highest BCUT2D eigenvalue weighted by Gasteiger charge is 2.21. The van der Waals surface area contributed by atoms with Crippen molar-refractivity contribution < 1.29 is 18.3 Å². The van der Waals surface area contributed by atoms with Crippen LogP contribution in [0.3, 0.4) is 0 Å². The summed E-state index contributed by atoms with van der Waals surface area (Å²) in [6, 6.07) is 6.25. The van der Waals surface area contributed by atoms with Gasteiger partial charge in [0, 0.05) is 19.7 Å². The molecule has 0 radical (unpaired) electrons. The normalized spacial score (nSPS) is 13.7. The van der Waals surface area contributed by atoms with Crippen molar-refractivity contribution in [2.75, 3.05) is 13.6 Å². The molecule has 1 N–H and O–H groups in total. The van der Waals surface area contributed by atoms with E-state index in [2.05, 4.69) is 0 Å². The number of rotatable bonds is 7. The van der Waals surface area contributed by atoms with Crippen molar-refractivity contribution in [2.24, 2.45) is 5.92 Å². The SMILES string of the molecule is CCC(C)CN(C)S(=O)(=O)c1cccc(C=CC(=O)O)c1. The fourth-order valence-corrected chi connectivity index (χ4v) is 3.14. The van der Waals surface area contributed by atoms with Gasteiger partial charge in [0.15, 0.2) is 0 Å². The molecule has 0 aliphatic rings. The van der Waals surface area contributed by atoms with Gasteiger partial charge in [0.25, 0.3) is 0 Å². The van der Waals surface area contributed by atoms with E-state index in [0.717, 1.165) is 12.5 Å². The minimum absolute atomic E-state index is 0.167. The van der Waals surface area contributed by atoms with Crippen LogP contribution in [0.25, 0.3) is 6.08 Å². The fraction of sp³-hybridized carbons (Fsp3) is 0.400. The third-order valence-electron chi connectivity index (χ3n) is 3.25. The van der Waals surface area contributed by atoms with E-state index in [9.17, 15) is 13.2 Å². The average Bonchev–Trinajstić information content (AvgIpc) is 2.45. The van der Waals surface area contributed by atoms with Crippen LogP contribution in [0.2, 0.25) is 0 Å². The van der Waals surface area contributed by atoms with E-state index < -0.39 is 16.0 Å². The second-order valence-electron chi connectivity index (χ2n) is 5.04. The maximum atomic E-state index is 12.5. The second-order valence-corrected chi connectivity index (χ2v) is 7.09. The smallest absolute Gasteiger partial charge is 0.328 e. The van der Waals surface area contributed by atoms with Gasteiger partial charge < -0.3 is 5.11 Å². The standard InChI is InChI=1S/C15H21NO4S/c1-4-12(2)11-16(3)21(19,20)14-7-5-6-13(10-14)8-9-15(17)18/h5-10,12H,4,11H2,1-3H3,(H,17,18). The predicted octanol–water partition coefficient (Wildman–Crippen LogP) is 2.45. The van der Waals surface area contributed by atoms with E-state index in [1.807, 2.05) is 13.8 Å². The molecule has 0 saturated carbocycles. The minimum Gasteiger partial charge on any atom is -0.478 e. The van der Waals surface area contributed by atoms with E-state index in [1.165, 1.54) is 22.5 Å². The zero-order valence-electron chi connectivity index (χ0n) is 12.5. The van der Waals surface area contributed by atoms with Gasteiger partial charge in [0.2, 0.25) is 10.0 Å². The number of carboxylic acid groups (broad SMARTS) is 1. The van der Waals surface area contributed by atoms with Crippen molar-refractivity contribution in [3.63, 3.8) is 0 Å². The molecule has 1 aromatic carbocycles. The van der Waals surface area contributed by atoms with Crippen LogP contribution < -0.4 is 0 Å². The van der Waals surface area contributed by atoms with E-state index >= 15 is 0 Å². The Morgan fingerprint density at radius 2 is 2.10 bits per heavy atom. The van der Waals surface area contributed by atoms with Gasteiger partial charge in [-0.05, 0) is 29.7 Å². The van der Waals surface area contributed by atoms with Crippen LogP contribution in [0.5, 0.6) is 0 Å². The summed E-state index contributed by atoms with van der Waals surface area (Å²) in [5.41, 5.74) is 0.537. The number of hydrogen-bond donors (Lipinski definition) is 1. The predicted molar refractivity (Wildman–Crippen MR) is 82.4 cm³/mol. The number of sulfonamides is 1. The largest absolute Gasteiger partial charge is 0.478 e. The molecule has 0 spiro atoms. The van der Waals surface area contributed by atoms with Crippen LogP contribution >= 0.6 is 0 Å². The maximum Gasteiger partial charge on any atom is 0.328 e. The highest BCUT2D eigenvalue weighted by Crippen LogP contribution is 2.18. The molecule has 0 fully saturated rings. The van der Waals surface area contributed by atoms with Crippen molar-refractivity contribution in [3.8, 4) is 0 Å². The van der Waals surface area contributed by atoms with Crippen LogP contribution in [-0.4, -0.2) is 37.4 Å². The minimum atomic E-state index is -3.55. The number of aliphatic carboxylic acids is 1. The Morgan fingerprint density at radius 1 is 1.43 bits per heavy atom. The van der Waals surface area contributed by atoms with E-state index in [0.29, 0.717) is 12.1 Å². The monoisotopic (exact) mass is 311 g/mol. The van der Waals surface area contributed by atoms with Gasteiger partial charge in [-0.1, -0.05) is 32.4 Å². The number of benzene rings is 1. The third kappa shape index (κ3) is 4.99. The van der Waals surface area contributed by atoms with Crippen molar-refractivity contribution in [3.05, 3.63) is 35.9 Å². The number of carboxylic acids is 1. The van der Waals surface area contributed by atoms with E-state index in [1.54, 1.807) is 19.2 Å². The fourth-order valence-electron chi connectivity index (χ4n) is 1.79. The second kappa shape index (κ2) is 7.38. The van der Waals surface area contributed by atoms with Crippen LogP contribution in [0.15, 0.2) is 35.2 Å². The molecule has 0 aliphatic heterocycles. The van der Waals surface area contributed by atoms with Gasteiger partial charge in [-0.3, -0.25) is 0 Å². The lowest BCUT2D eigenvalue weighted by molar-refractivity contribution is -0.131. The van der Waals surface area contributed by atoms with Crippen LogP contribution in [0, 0.1) is 5.92 Å². The summed E-state index contributed by atoms with van der Waals surface area (Å²) < 4.78 is 26.3. The first-order valence-corrected chi connectivity index (χ1v) is 8.18. The van der Waals surface area contributed by atoms with Gasteiger partial charge in [0.1, 0.15) is 0 Å². The molecule has 0 bridgehead atoms. The van der Waals surface area contributed by atoms with Gasteiger partial charge in [0.05, 0.1) is 4.90 Å². The number of carbonyl (C=O) groups is 1. The molecule has 6 heteroatoms. The highest BCUT2D eigenvalue weighted by atomic mass is 32.2. The first kappa shape index (κ1) is 17.4. The molecule has 0 saturated heterocycles. The Balaban J connectivity index is 3.03. The summed E-state index contributed by atoms with van der Waals surface area (Å²) in [7, 11) is -2.00. The molecule has 0 aromatic heterocycles. The molecule has 21 heavy (non-hydrogen) atoms. The van der Waals surface area contributed by atoms with E-state index in [4.69, 9.17) is 5.11 Å². The van der Waals surface area contributed by atoms with Gasteiger partial charge in [-0.15, -0.1) is 0 Å². The summed E-state index contributed by atoms with van der Waals surface area (Å²) in [6.45, 7) is 4.47. The molecule has 116 valence electrons. The van der Waals surface area contributed by atoms with Crippen molar-refractivity contribution in [1.82, 2.24) is 4.31 Å². The lowest BCUT2D eigenvalue weighted by Crippen LogP contribution is -2.31. The lowest BCUT2D eigenvalue weighted by atomic mass is 10.1. The Morgan fingerprint density at radius 3 is 2.67 bits per heavy atom. The van der Waals surface area contributed by atoms with Gasteiger partial charge in [-0.25, -0.2) is 17.5 Å². The third-order valence-corrected chi connectivity index (χ3v) is 5.07. The highest BCUT2D eigenvalue weighted by molar-refractivity contribution is 7.89. The molecular formula is C15H21NO4S. The summed E-state index contributed by atoms with van der Waals surface area (Å²) in [6.07, 6.45) is 3.26. The summed E-state index contributed by atoms with van der Waals surface area (Å²) >= 11 is 0. The Hall–Kier alpha value is -1.66. The van der Waals surface area contributed by atoms with Crippen LogP contribution in [0.4, 0.5) is 0 Å². The van der Waals surface area contributed by atoms with Crippen molar-refractivity contribution >= 4 is 22.1 Å². The molecule has 1 aromatic rings.